The van der Waals surface area contributed by atoms with Crippen molar-refractivity contribution >= 4 is 0 Å². The van der Waals surface area contributed by atoms with Crippen LogP contribution >= 0.6 is 0 Å². The summed E-state index contributed by atoms with van der Waals surface area (Å²) in [5.74, 6) is 0. The van der Waals surface area contributed by atoms with E-state index in [1.165, 1.54) is 19.3 Å². The molecule has 1 rings (SSSR count). The lowest BCUT2D eigenvalue weighted by atomic mass is 10.2. The molecule has 0 saturated heterocycles. The highest BCUT2D eigenvalue weighted by molar-refractivity contribution is 5.18. The van der Waals surface area contributed by atoms with E-state index in [-0.39, 0.29) is 0 Å². The van der Waals surface area contributed by atoms with E-state index in [0.717, 1.165) is 0 Å². The third kappa shape index (κ3) is 5.92. The maximum Gasteiger partial charge on any atom is -0.0345 e. The smallest absolute Gasteiger partial charge is 0.0345 e. The Bertz CT molecular complexity index is 223. The lowest BCUT2D eigenvalue weighted by Crippen LogP contribution is -1.67. The van der Waals surface area contributed by atoms with Crippen molar-refractivity contribution in [3.05, 3.63) is 60.8 Å². The van der Waals surface area contributed by atoms with Crippen LogP contribution in [0.25, 0.3) is 0 Å². The van der Waals surface area contributed by atoms with Crippen molar-refractivity contribution in [3.8, 4) is 0 Å². The Morgan fingerprint density at radius 3 is 1.31 bits per heavy atom. The van der Waals surface area contributed by atoms with Gasteiger partial charge in [0.15, 0.2) is 0 Å². The van der Waals surface area contributed by atoms with Crippen LogP contribution in [0.15, 0.2) is 60.8 Å². The zero-order chi connectivity index (χ0) is 9.19. The summed E-state index contributed by atoms with van der Waals surface area (Å²) in [7, 11) is 0. The number of allylic oxidation sites excluding steroid dienone is 10. The Kier molecular flexibility index (Phi) is 5.54. The van der Waals surface area contributed by atoms with Gasteiger partial charge in [-0.15, -0.1) is 0 Å². The van der Waals surface area contributed by atoms with E-state index < -0.39 is 0 Å². The predicted octanol–water partition coefficient (Wildman–Crippen LogP) is 3.95. The fourth-order valence-electron chi connectivity index (χ4n) is 1.09. The van der Waals surface area contributed by atoms with Crippen molar-refractivity contribution in [2.24, 2.45) is 0 Å². The quantitative estimate of drug-likeness (QED) is 0.519. The minimum absolute atomic E-state index is 1.17. The van der Waals surface area contributed by atoms with Crippen LogP contribution in [0.3, 0.4) is 0 Å². The van der Waals surface area contributed by atoms with E-state index in [2.05, 4.69) is 36.5 Å². The second-order valence-corrected chi connectivity index (χ2v) is 2.94. The second kappa shape index (κ2) is 7.35. The minimum atomic E-state index is 1.17. The van der Waals surface area contributed by atoms with Crippen molar-refractivity contribution in [1.82, 2.24) is 0 Å². The van der Waals surface area contributed by atoms with Crippen LogP contribution in [0.5, 0.6) is 0 Å². The summed E-state index contributed by atoms with van der Waals surface area (Å²) in [4.78, 5) is 0. The predicted molar refractivity (Wildman–Crippen MR) is 59.6 cm³/mol. The minimum Gasteiger partial charge on any atom is -0.0845 e. The first-order valence-corrected chi connectivity index (χ1v) is 4.82. The van der Waals surface area contributed by atoms with Crippen LogP contribution in [0.1, 0.15) is 19.3 Å². The van der Waals surface area contributed by atoms with Gasteiger partial charge in [-0.1, -0.05) is 60.8 Å². The standard InChI is InChI=1S/C13H16/c1-2-4-6-8-10-12-13-11-9-7-5-3-1/h1-10H,11-13H2/b2-1+,5-3-,6-4-,9-7+,10-8?. The largest absolute Gasteiger partial charge is 0.0845 e. The Labute approximate surface area is 80.7 Å². The first-order valence-electron chi connectivity index (χ1n) is 4.82. The third-order valence-electron chi connectivity index (χ3n) is 1.79. The summed E-state index contributed by atoms with van der Waals surface area (Å²) < 4.78 is 0. The van der Waals surface area contributed by atoms with E-state index in [9.17, 15) is 0 Å². The SMILES string of the molecule is C1=CCCC/C=C/C=C\C=C\C=C/1. The maximum absolute atomic E-state index is 2.21. The Balaban J connectivity index is 2.51. The summed E-state index contributed by atoms with van der Waals surface area (Å²) in [6.45, 7) is 0. The third-order valence-corrected chi connectivity index (χ3v) is 1.79. The molecule has 0 aromatic rings. The molecule has 0 radical (unpaired) electrons. The molecule has 0 saturated carbocycles. The second-order valence-electron chi connectivity index (χ2n) is 2.94. The van der Waals surface area contributed by atoms with Gasteiger partial charge >= 0.3 is 0 Å². The molecule has 0 amide bonds. The highest BCUT2D eigenvalue weighted by Crippen LogP contribution is 1.99. The molecule has 0 fully saturated rings. The van der Waals surface area contributed by atoms with E-state index >= 15 is 0 Å². The summed E-state index contributed by atoms with van der Waals surface area (Å²) >= 11 is 0. The lowest BCUT2D eigenvalue weighted by Gasteiger charge is -1.87. The average molecular weight is 172 g/mol. The van der Waals surface area contributed by atoms with Gasteiger partial charge in [-0.25, -0.2) is 0 Å². The molecule has 1 aliphatic rings. The van der Waals surface area contributed by atoms with Crippen molar-refractivity contribution in [2.75, 3.05) is 0 Å². The lowest BCUT2D eigenvalue weighted by molar-refractivity contribution is 0.868. The van der Waals surface area contributed by atoms with Crippen LogP contribution < -0.4 is 0 Å². The van der Waals surface area contributed by atoms with Crippen LogP contribution in [-0.2, 0) is 0 Å². The molecule has 0 atom stereocenters. The zero-order valence-corrected chi connectivity index (χ0v) is 7.89. The number of hydrogen-bond acceptors (Lipinski definition) is 0. The first kappa shape index (κ1) is 9.79. The monoisotopic (exact) mass is 172 g/mol. The van der Waals surface area contributed by atoms with Crippen molar-refractivity contribution in [1.29, 1.82) is 0 Å². The van der Waals surface area contributed by atoms with Gasteiger partial charge in [0.25, 0.3) is 0 Å². The van der Waals surface area contributed by atoms with Crippen LogP contribution in [-0.4, -0.2) is 0 Å². The van der Waals surface area contributed by atoms with Crippen LogP contribution in [0, 0.1) is 0 Å². The fourth-order valence-corrected chi connectivity index (χ4v) is 1.09. The van der Waals surface area contributed by atoms with Crippen molar-refractivity contribution in [2.45, 2.75) is 19.3 Å². The van der Waals surface area contributed by atoms with E-state index in [4.69, 9.17) is 0 Å². The number of hydrogen-bond donors (Lipinski definition) is 0. The van der Waals surface area contributed by atoms with Gasteiger partial charge in [0.05, 0.1) is 0 Å². The molecule has 0 heteroatoms. The van der Waals surface area contributed by atoms with E-state index in [1.807, 2.05) is 24.3 Å². The first-order chi connectivity index (χ1) is 6.50. The van der Waals surface area contributed by atoms with Crippen molar-refractivity contribution in [3.63, 3.8) is 0 Å². The summed E-state index contributed by atoms with van der Waals surface area (Å²) in [6.07, 6.45) is 24.5. The molecule has 68 valence electrons. The molecule has 0 N–H and O–H groups in total. The molecule has 0 aliphatic heterocycles. The van der Waals surface area contributed by atoms with Gasteiger partial charge in [-0.05, 0) is 19.3 Å². The highest BCUT2D eigenvalue weighted by atomic mass is 13.8. The molecular formula is C13H16. The molecule has 1 aliphatic carbocycles. The van der Waals surface area contributed by atoms with Gasteiger partial charge < -0.3 is 0 Å². The van der Waals surface area contributed by atoms with Crippen molar-refractivity contribution < 1.29 is 0 Å². The molecule has 0 spiro atoms. The molecule has 0 heterocycles. The Hall–Kier alpha value is -1.30. The Morgan fingerprint density at radius 2 is 0.846 bits per heavy atom. The number of rotatable bonds is 0. The van der Waals surface area contributed by atoms with Gasteiger partial charge in [0.2, 0.25) is 0 Å². The van der Waals surface area contributed by atoms with Gasteiger partial charge in [-0.3, -0.25) is 0 Å². The molecule has 0 nitrogen and oxygen atoms in total. The van der Waals surface area contributed by atoms with Gasteiger partial charge in [0.1, 0.15) is 0 Å². The van der Waals surface area contributed by atoms with Gasteiger partial charge in [-0.2, -0.15) is 0 Å². The average Bonchev–Trinajstić information content (AvgIpc) is 2.18. The van der Waals surface area contributed by atoms with E-state index in [1.54, 1.807) is 0 Å². The topological polar surface area (TPSA) is 0 Å². The summed E-state index contributed by atoms with van der Waals surface area (Å²) in [6, 6.07) is 0. The summed E-state index contributed by atoms with van der Waals surface area (Å²) in [5.41, 5.74) is 0. The molecule has 0 aromatic carbocycles. The summed E-state index contributed by atoms with van der Waals surface area (Å²) in [5, 5.41) is 0. The van der Waals surface area contributed by atoms with Crippen LogP contribution in [0.4, 0.5) is 0 Å². The Morgan fingerprint density at radius 1 is 0.462 bits per heavy atom. The highest BCUT2D eigenvalue weighted by Gasteiger charge is 1.78. The normalized spacial score (nSPS) is 27.7. The molecule has 0 unspecified atom stereocenters. The molecule has 0 aromatic heterocycles. The van der Waals surface area contributed by atoms with Crippen LogP contribution in [0.2, 0.25) is 0 Å². The maximum atomic E-state index is 2.21. The molecular weight excluding hydrogens is 156 g/mol. The fraction of sp³-hybridized carbons (Fsp3) is 0.231. The van der Waals surface area contributed by atoms with E-state index in [0.29, 0.717) is 0 Å². The molecule has 13 heavy (non-hydrogen) atoms. The van der Waals surface area contributed by atoms with Gasteiger partial charge in [0, 0.05) is 0 Å². The molecule has 0 bridgehead atoms. The zero-order valence-electron chi connectivity index (χ0n) is 7.89.